The summed E-state index contributed by atoms with van der Waals surface area (Å²) in [5, 5.41) is 21.7. The lowest BCUT2D eigenvalue weighted by Crippen LogP contribution is -2.37. The summed E-state index contributed by atoms with van der Waals surface area (Å²) in [6.07, 6.45) is 0.0970. The van der Waals surface area contributed by atoms with Crippen LogP contribution in [0.15, 0.2) is 10.5 Å². The minimum Gasteiger partial charge on any atom is -0.859 e. The molecule has 0 aromatic heterocycles. The molecule has 0 aliphatic rings. The molecule has 21 heavy (non-hydrogen) atoms. The minimum absolute atomic E-state index is 0.0639. The second-order valence-electron chi connectivity index (χ2n) is 4.01. The molecular formula is C11H11I3NO5S-. The van der Waals surface area contributed by atoms with E-state index < -0.39 is 22.0 Å². The number of phenols is 1. The number of benzene rings is 1. The van der Waals surface area contributed by atoms with E-state index in [0.717, 1.165) is 6.26 Å². The third kappa shape index (κ3) is 5.53. The van der Waals surface area contributed by atoms with Crippen molar-refractivity contribution in [2.75, 3.05) is 6.26 Å². The van der Waals surface area contributed by atoms with Crippen molar-refractivity contribution in [2.24, 2.45) is 4.40 Å². The Morgan fingerprint density at radius 3 is 2.48 bits per heavy atom. The van der Waals surface area contributed by atoms with Crippen LogP contribution in [0.1, 0.15) is 13.3 Å². The fourth-order valence-electron chi connectivity index (χ4n) is 1.34. The van der Waals surface area contributed by atoms with Crippen LogP contribution >= 0.6 is 67.8 Å². The van der Waals surface area contributed by atoms with Crippen LogP contribution in [-0.4, -0.2) is 31.8 Å². The molecular weight excluding hydrogens is 639 g/mol. The largest absolute Gasteiger partial charge is 0.859 e. The van der Waals surface area contributed by atoms with Crippen molar-refractivity contribution in [1.29, 1.82) is 0 Å². The lowest BCUT2D eigenvalue weighted by atomic mass is 10.2. The van der Waals surface area contributed by atoms with E-state index in [0.29, 0.717) is 16.5 Å². The number of ether oxygens (including phenoxy) is 1. The SMILES string of the molecule is CCC(Oc1c(I)cc(I)c(O)c1I)/C([O-])=N/S(C)(=O)=O. The topological polar surface area (TPSA) is 99.0 Å². The molecule has 1 unspecified atom stereocenters. The number of hydrogen-bond acceptors (Lipinski definition) is 5. The van der Waals surface area contributed by atoms with Crippen molar-refractivity contribution in [1.82, 2.24) is 0 Å². The van der Waals surface area contributed by atoms with Crippen molar-refractivity contribution in [2.45, 2.75) is 19.4 Å². The average Bonchev–Trinajstić information content (AvgIpc) is 2.34. The first-order valence-corrected chi connectivity index (χ1v) is 10.6. The summed E-state index contributed by atoms with van der Waals surface area (Å²) in [6.45, 7) is 1.69. The molecule has 1 rings (SSSR count). The van der Waals surface area contributed by atoms with Crippen LogP contribution in [0.5, 0.6) is 11.5 Å². The first kappa shape index (κ1) is 19.5. The van der Waals surface area contributed by atoms with Gasteiger partial charge in [0.25, 0.3) is 0 Å². The molecule has 0 bridgehead atoms. The zero-order chi connectivity index (χ0) is 16.4. The van der Waals surface area contributed by atoms with E-state index in [4.69, 9.17) is 4.74 Å². The summed E-state index contributed by atoms with van der Waals surface area (Å²) in [6, 6.07) is 1.71. The van der Waals surface area contributed by atoms with Gasteiger partial charge in [-0.05, 0) is 80.3 Å². The van der Waals surface area contributed by atoms with E-state index in [1.165, 1.54) is 0 Å². The predicted octanol–water partition coefficient (Wildman–Crippen LogP) is 2.08. The number of nitrogens with zero attached hydrogens (tertiary/aromatic N) is 1. The number of hydrogen-bond donors (Lipinski definition) is 1. The van der Waals surface area contributed by atoms with Crippen LogP contribution in [0.4, 0.5) is 0 Å². The lowest BCUT2D eigenvalue weighted by Gasteiger charge is -2.24. The normalized spacial score (nSPS) is 14.0. The van der Waals surface area contributed by atoms with Crippen LogP contribution in [-0.2, 0) is 10.0 Å². The van der Waals surface area contributed by atoms with Gasteiger partial charge in [0.2, 0.25) is 10.0 Å². The maximum atomic E-state index is 11.8. The first-order valence-electron chi connectivity index (χ1n) is 5.56. The third-order valence-corrected chi connectivity index (χ3v) is 5.40. The Hall–Kier alpha value is 0.430. The summed E-state index contributed by atoms with van der Waals surface area (Å²) in [5.74, 6) is -0.448. The second kappa shape index (κ2) is 7.81. The molecule has 0 saturated carbocycles. The molecule has 0 amide bonds. The van der Waals surface area contributed by atoms with Gasteiger partial charge in [-0.3, -0.25) is 0 Å². The Bertz CT molecular complexity index is 675. The molecule has 0 fully saturated rings. The molecule has 1 aromatic carbocycles. The highest BCUT2D eigenvalue weighted by Crippen LogP contribution is 2.38. The Labute approximate surface area is 163 Å². The second-order valence-corrected chi connectivity index (χ2v) is 9.06. The zero-order valence-electron chi connectivity index (χ0n) is 10.9. The van der Waals surface area contributed by atoms with E-state index in [1.54, 1.807) is 13.0 Å². The van der Waals surface area contributed by atoms with Crippen molar-refractivity contribution < 1.29 is 23.4 Å². The fraction of sp³-hybridized carbons (Fsp3) is 0.364. The molecule has 0 spiro atoms. The molecule has 0 aliphatic heterocycles. The van der Waals surface area contributed by atoms with Crippen LogP contribution in [0.25, 0.3) is 0 Å². The summed E-state index contributed by atoms with van der Waals surface area (Å²) in [5.41, 5.74) is 0. The first-order chi connectivity index (χ1) is 9.56. The Kier molecular flexibility index (Phi) is 7.24. The van der Waals surface area contributed by atoms with E-state index in [9.17, 15) is 18.6 Å². The van der Waals surface area contributed by atoms with Gasteiger partial charge < -0.3 is 14.9 Å². The van der Waals surface area contributed by atoms with Gasteiger partial charge in [-0.1, -0.05) is 6.92 Å². The summed E-state index contributed by atoms with van der Waals surface area (Å²) < 4.78 is 32.7. The molecule has 0 radical (unpaired) electrons. The molecule has 1 atom stereocenters. The van der Waals surface area contributed by atoms with Gasteiger partial charge in [-0.25, -0.2) is 8.42 Å². The standard InChI is InChI=1S/C11H12I3NO5S/c1-3-7(11(17)15-21(2,18)19)20-10-6(13)4-5(12)9(16)8(10)14/h4,7,16H,3H2,1-2H3,(H,15,17)/p-1. The van der Waals surface area contributed by atoms with Crippen molar-refractivity contribution >= 4 is 83.7 Å². The summed E-state index contributed by atoms with van der Waals surface area (Å²) in [7, 11) is -3.76. The Morgan fingerprint density at radius 2 is 2.00 bits per heavy atom. The fourth-order valence-corrected chi connectivity index (χ4v) is 5.41. The van der Waals surface area contributed by atoms with Crippen LogP contribution in [0, 0.1) is 10.7 Å². The smallest absolute Gasteiger partial charge is 0.249 e. The molecule has 6 nitrogen and oxygen atoms in total. The van der Waals surface area contributed by atoms with Gasteiger partial charge in [0.05, 0.1) is 17.0 Å². The highest BCUT2D eigenvalue weighted by atomic mass is 127. The van der Waals surface area contributed by atoms with E-state index in [-0.39, 0.29) is 12.2 Å². The number of rotatable bonds is 5. The molecule has 0 aliphatic carbocycles. The monoisotopic (exact) mass is 650 g/mol. The van der Waals surface area contributed by atoms with Gasteiger partial charge in [0, 0.05) is 5.90 Å². The Morgan fingerprint density at radius 1 is 1.43 bits per heavy atom. The minimum atomic E-state index is -3.76. The quantitative estimate of drug-likeness (QED) is 0.299. The predicted molar refractivity (Wildman–Crippen MR) is 103 cm³/mol. The molecule has 0 saturated heterocycles. The number of aromatic hydroxyl groups is 1. The van der Waals surface area contributed by atoms with Crippen LogP contribution < -0.4 is 9.84 Å². The molecule has 10 heteroatoms. The van der Waals surface area contributed by atoms with Crippen molar-refractivity contribution in [3.05, 3.63) is 16.8 Å². The highest BCUT2D eigenvalue weighted by Gasteiger charge is 2.19. The van der Waals surface area contributed by atoms with Crippen molar-refractivity contribution in [3.8, 4) is 11.5 Å². The third-order valence-electron chi connectivity index (χ3n) is 2.27. The van der Waals surface area contributed by atoms with Gasteiger partial charge in [-0.15, -0.1) is 0 Å². The number of halogens is 3. The lowest BCUT2D eigenvalue weighted by molar-refractivity contribution is -0.226. The maximum absolute atomic E-state index is 11.8. The summed E-state index contributed by atoms with van der Waals surface area (Å²) in [4.78, 5) is 0. The van der Waals surface area contributed by atoms with E-state index in [1.807, 2.05) is 67.8 Å². The van der Waals surface area contributed by atoms with Crippen LogP contribution in [0.3, 0.4) is 0 Å². The maximum Gasteiger partial charge on any atom is 0.249 e. The molecule has 1 aromatic rings. The zero-order valence-corrected chi connectivity index (χ0v) is 18.2. The Balaban J connectivity index is 3.20. The average molecular weight is 650 g/mol. The van der Waals surface area contributed by atoms with Gasteiger partial charge >= 0.3 is 0 Å². The highest BCUT2D eigenvalue weighted by molar-refractivity contribution is 14.1. The number of sulfonamides is 1. The summed E-state index contributed by atoms with van der Waals surface area (Å²) >= 11 is 5.92. The molecule has 1 N–H and O–H groups in total. The van der Waals surface area contributed by atoms with Crippen molar-refractivity contribution in [3.63, 3.8) is 0 Å². The molecule has 118 valence electrons. The number of phenolic OH excluding ortho intramolecular Hbond substituents is 1. The van der Waals surface area contributed by atoms with Crippen LogP contribution in [0.2, 0.25) is 0 Å². The van der Waals surface area contributed by atoms with E-state index in [2.05, 4.69) is 4.40 Å². The van der Waals surface area contributed by atoms with Gasteiger partial charge in [-0.2, -0.15) is 4.40 Å². The van der Waals surface area contributed by atoms with Gasteiger partial charge in [0.1, 0.15) is 11.9 Å². The molecule has 0 heterocycles. The van der Waals surface area contributed by atoms with Gasteiger partial charge in [0.15, 0.2) is 5.75 Å². The van der Waals surface area contributed by atoms with E-state index >= 15 is 0 Å².